The van der Waals surface area contributed by atoms with Gasteiger partial charge >= 0.3 is 11.8 Å². The van der Waals surface area contributed by atoms with E-state index in [2.05, 4.69) is 10.6 Å². The molecule has 2 amide bonds. The molecule has 1 saturated carbocycles. The summed E-state index contributed by atoms with van der Waals surface area (Å²) in [5, 5.41) is 14.0. The molecule has 5 heteroatoms. The highest BCUT2D eigenvalue weighted by molar-refractivity contribution is 6.39. The molecule has 2 rings (SSSR count). The third-order valence-corrected chi connectivity index (χ3v) is 3.40. The molecule has 1 aromatic rings. The maximum atomic E-state index is 11.8. The van der Waals surface area contributed by atoms with E-state index in [9.17, 15) is 9.59 Å². The minimum atomic E-state index is -0.689. The Balaban J connectivity index is 1.90. The summed E-state index contributed by atoms with van der Waals surface area (Å²) in [5.74, 6) is -1.30. The van der Waals surface area contributed by atoms with Gasteiger partial charge in [-0.15, -0.1) is 0 Å². The minimum Gasteiger partial charge on any atom is -0.345 e. The zero-order chi connectivity index (χ0) is 14.4. The number of hydrogen-bond donors (Lipinski definition) is 2. The van der Waals surface area contributed by atoms with Crippen LogP contribution in [0.1, 0.15) is 37.7 Å². The third kappa shape index (κ3) is 3.82. The van der Waals surface area contributed by atoms with Crippen LogP contribution in [-0.4, -0.2) is 17.9 Å². The lowest BCUT2D eigenvalue weighted by Gasteiger charge is -2.22. The van der Waals surface area contributed by atoms with Gasteiger partial charge in [0.15, 0.2) is 0 Å². The van der Waals surface area contributed by atoms with E-state index in [0.29, 0.717) is 11.3 Å². The van der Waals surface area contributed by atoms with E-state index in [-0.39, 0.29) is 6.04 Å². The van der Waals surface area contributed by atoms with Crippen LogP contribution in [0.25, 0.3) is 0 Å². The Morgan fingerprint density at radius 1 is 1.15 bits per heavy atom. The maximum Gasteiger partial charge on any atom is 0.313 e. The van der Waals surface area contributed by atoms with Crippen LogP contribution in [0.4, 0.5) is 5.69 Å². The summed E-state index contributed by atoms with van der Waals surface area (Å²) < 4.78 is 0. The highest BCUT2D eigenvalue weighted by atomic mass is 16.2. The first-order valence-electron chi connectivity index (χ1n) is 6.81. The number of carbonyl (C=O) groups is 2. The summed E-state index contributed by atoms with van der Waals surface area (Å²) in [6.45, 7) is 0. The lowest BCUT2D eigenvalue weighted by molar-refractivity contribution is -0.136. The fourth-order valence-corrected chi connectivity index (χ4v) is 2.35. The summed E-state index contributed by atoms with van der Waals surface area (Å²) >= 11 is 0. The quantitative estimate of drug-likeness (QED) is 0.806. The van der Waals surface area contributed by atoms with Gasteiger partial charge in [0.05, 0.1) is 11.6 Å². The summed E-state index contributed by atoms with van der Waals surface area (Å²) in [6.07, 6.45) is 5.25. The van der Waals surface area contributed by atoms with Crippen molar-refractivity contribution in [1.29, 1.82) is 5.26 Å². The van der Waals surface area contributed by atoms with Gasteiger partial charge in [-0.1, -0.05) is 25.3 Å². The van der Waals surface area contributed by atoms with Crippen molar-refractivity contribution < 1.29 is 9.59 Å². The molecular weight excluding hydrogens is 254 g/mol. The van der Waals surface area contributed by atoms with E-state index in [4.69, 9.17) is 5.26 Å². The Morgan fingerprint density at radius 3 is 2.60 bits per heavy atom. The molecular formula is C15H17N3O2. The fourth-order valence-electron chi connectivity index (χ4n) is 2.35. The Hall–Kier alpha value is -2.35. The fraction of sp³-hybridized carbons (Fsp3) is 0.400. The molecule has 0 spiro atoms. The number of hydrogen-bond acceptors (Lipinski definition) is 3. The smallest absolute Gasteiger partial charge is 0.313 e. The van der Waals surface area contributed by atoms with E-state index in [1.807, 2.05) is 6.07 Å². The van der Waals surface area contributed by atoms with Gasteiger partial charge in [0, 0.05) is 11.7 Å². The van der Waals surface area contributed by atoms with Crippen LogP contribution < -0.4 is 10.6 Å². The van der Waals surface area contributed by atoms with E-state index in [1.54, 1.807) is 18.2 Å². The predicted molar refractivity (Wildman–Crippen MR) is 74.8 cm³/mol. The first-order chi connectivity index (χ1) is 9.69. The number of nitrogens with zero attached hydrogens (tertiary/aromatic N) is 1. The monoisotopic (exact) mass is 271 g/mol. The van der Waals surface area contributed by atoms with Crippen LogP contribution in [0.2, 0.25) is 0 Å². The molecule has 0 saturated heterocycles. The first-order valence-corrected chi connectivity index (χ1v) is 6.81. The van der Waals surface area contributed by atoms with Crippen LogP contribution in [0.5, 0.6) is 0 Å². The number of amides is 2. The number of nitrogens with one attached hydrogen (secondary N) is 2. The average Bonchev–Trinajstić information content (AvgIpc) is 2.48. The zero-order valence-corrected chi connectivity index (χ0v) is 11.2. The topological polar surface area (TPSA) is 82.0 Å². The zero-order valence-electron chi connectivity index (χ0n) is 11.2. The molecule has 0 radical (unpaired) electrons. The number of nitriles is 1. The van der Waals surface area contributed by atoms with Crippen molar-refractivity contribution in [3.05, 3.63) is 29.8 Å². The molecule has 0 aromatic heterocycles. The van der Waals surface area contributed by atoms with Crippen LogP contribution in [0.3, 0.4) is 0 Å². The Kier molecular flexibility index (Phi) is 4.72. The lowest BCUT2D eigenvalue weighted by Crippen LogP contribution is -2.42. The highest BCUT2D eigenvalue weighted by Gasteiger charge is 2.20. The van der Waals surface area contributed by atoms with Crippen molar-refractivity contribution in [2.24, 2.45) is 0 Å². The minimum absolute atomic E-state index is 0.104. The maximum absolute atomic E-state index is 11.8. The molecule has 1 fully saturated rings. The third-order valence-electron chi connectivity index (χ3n) is 3.40. The molecule has 0 unspecified atom stereocenters. The second-order valence-electron chi connectivity index (χ2n) is 4.96. The Bertz CT molecular complexity index is 542. The van der Waals surface area contributed by atoms with E-state index < -0.39 is 11.8 Å². The van der Waals surface area contributed by atoms with E-state index in [0.717, 1.165) is 25.7 Å². The van der Waals surface area contributed by atoms with Gasteiger partial charge in [-0.05, 0) is 31.0 Å². The molecule has 2 N–H and O–H groups in total. The molecule has 0 bridgehead atoms. The van der Waals surface area contributed by atoms with Crippen molar-refractivity contribution in [3.8, 4) is 6.07 Å². The number of anilines is 1. The van der Waals surface area contributed by atoms with Crippen LogP contribution >= 0.6 is 0 Å². The molecule has 0 atom stereocenters. The molecule has 0 aliphatic heterocycles. The first kappa shape index (κ1) is 14.1. The van der Waals surface area contributed by atoms with E-state index >= 15 is 0 Å². The second kappa shape index (κ2) is 6.71. The largest absolute Gasteiger partial charge is 0.345 e. The molecule has 1 aliphatic rings. The average molecular weight is 271 g/mol. The molecule has 1 aliphatic carbocycles. The SMILES string of the molecule is N#Cc1cccc(NC(=O)C(=O)NC2CCCCC2)c1. The summed E-state index contributed by atoms with van der Waals surface area (Å²) in [4.78, 5) is 23.6. The Morgan fingerprint density at radius 2 is 1.90 bits per heavy atom. The Labute approximate surface area is 118 Å². The molecule has 20 heavy (non-hydrogen) atoms. The number of carbonyl (C=O) groups excluding carboxylic acids is 2. The van der Waals surface area contributed by atoms with Crippen molar-refractivity contribution in [1.82, 2.24) is 5.32 Å². The molecule has 104 valence electrons. The van der Waals surface area contributed by atoms with Gasteiger partial charge in [0.1, 0.15) is 0 Å². The lowest BCUT2D eigenvalue weighted by atomic mass is 9.95. The van der Waals surface area contributed by atoms with Gasteiger partial charge in [-0.2, -0.15) is 5.26 Å². The predicted octanol–water partition coefficient (Wildman–Crippen LogP) is 1.95. The van der Waals surface area contributed by atoms with Gasteiger partial charge in [-0.3, -0.25) is 9.59 Å². The molecule has 0 heterocycles. The standard InChI is InChI=1S/C15H17N3O2/c16-10-11-5-4-8-13(9-11)18-15(20)14(19)17-12-6-2-1-3-7-12/h4-5,8-9,12H,1-3,6-7H2,(H,17,19)(H,18,20). The normalized spacial score (nSPS) is 15.2. The molecule has 1 aromatic carbocycles. The van der Waals surface area contributed by atoms with Gasteiger partial charge < -0.3 is 10.6 Å². The van der Waals surface area contributed by atoms with Crippen molar-refractivity contribution >= 4 is 17.5 Å². The number of benzene rings is 1. The molecule has 5 nitrogen and oxygen atoms in total. The summed E-state index contributed by atoms with van der Waals surface area (Å²) in [7, 11) is 0. The second-order valence-corrected chi connectivity index (χ2v) is 4.96. The van der Waals surface area contributed by atoms with Gasteiger partial charge in [0.25, 0.3) is 0 Å². The summed E-state index contributed by atoms with van der Waals surface area (Å²) in [6, 6.07) is 8.56. The van der Waals surface area contributed by atoms with Crippen LogP contribution in [-0.2, 0) is 9.59 Å². The van der Waals surface area contributed by atoms with Crippen molar-refractivity contribution in [2.45, 2.75) is 38.1 Å². The highest BCUT2D eigenvalue weighted by Crippen LogP contribution is 2.17. The van der Waals surface area contributed by atoms with Gasteiger partial charge in [-0.25, -0.2) is 0 Å². The van der Waals surface area contributed by atoms with Crippen LogP contribution in [0, 0.1) is 11.3 Å². The van der Waals surface area contributed by atoms with Crippen molar-refractivity contribution in [3.63, 3.8) is 0 Å². The number of rotatable bonds is 2. The van der Waals surface area contributed by atoms with Crippen molar-refractivity contribution in [2.75, 3.05) is 5.32 Å². The van der Waals surface area contributed by atoms with E-state index in [1.165, 1.54) is 12.5 Å². The van der Waals surface area contributed by atoms with Crippen LogP contribution in [0.15, 0.2) is 24.3 Å². The van der Waals surface area contributed by atoms with Gasteiger partial charge in [0.2, 0.25) is 0 Å². The summed E-state index contributed by atoms with van der Waals surface area (Å²) in [5.41, 5.74) is 0.892.